The zero-order valence-electron chi connectivity index (χ0n) is 18.2. The molecular weight excluding hydrogens is 587 g/mol. The smallest absolute Gasteiger partial charge is 0.105 e. The number of nitrogens with zero attached hydrogens (tertiary/aromatic N) is 3. The van der Waals surface area contributed by atoms with E-state index in [9.17, 15) is 0 Å². The van der Waals surface area contributed by atoms with Crippen LogP contribution in [0.15, 0.2) is 42.7 Å². The average Bonchev–Trinajstić information content (AvgIpc) is 3.05. The number of aromatic nitrogens is 3. The third-order valence-electron chi connectivity index (χ3n) is 4.48. The van der Waals surface area contributed by atoms with Gasteiger partial charge in [-0.1, -0.05) is 43.5 Å². The van der Waals surface area contributed by atoms with Crippen LogP contribution in [0.5, 0.6) is 0 Å². The molecule has 4 rings (SSSR count). The first-order chi connectivity index (χ1) is 14.3. The first-order valence-corrected chi connectivity index (χ1v) is 11.0. The van der Waals surface area contributed by atoms with Crippen LogP contribution in [0.4, 0.5) is 0 Å². The zero-order valence-corrected chi connectivity index (χ0v) is 21.4. The number of rotatable bonds is 5. The van der Waals surface area contributed by atoms with Crippen LogP contribution >= 0.6 is 11.3 Å². The SMILES string of the molecule is CC(C)Cc1cc(-c2[c-]nc3sc4ccccc4c3c2)ncn1.CC(O)CC(C)O.[Ir]. The minimum absolute atomic E-state index is 0. The fourth-order valence-corrected chi connectivity index (χ4v) is 4.28. The molecule has 0 spiro atoms. The van der Waals surface area contributed by atoms with Crippen molar-refractivity contribution < 1.29 is 30.3 Å². The largest absolute Gasteiger partial charge is 0.393 e. The molecule has 0 aliphatic rings. The van der Waals surface area contributed by atoms with E-state index in [0.29, 0.717) is 12.3 Å². The van der Waals surface area contributed by atoms with E-state index in [1.165, 1.54) is 15.5 Å². The number of thiophene rings is 1. The van der Waals surface area contributed by atoms with Crippen LogP contribution in [0.25, 0.3) is 31.6 Å². The van der Waals surface area contributed by atoms with Crippen molar-refractivity contribution >= 4 is 31.6 Å². The van der Waals surface area contributed by atoms with Crippen LogP contribution in [-0.2, 0) is 26.5 Å². The Morgan fingerprint density at radius 1 is 0.968 bits per heavy atom. The van der Waals surface area contributed by atoms with Gasteiger partial charge in [0.05, 0.1) is 12.2 Å². The number of hydrogen-bond acceptors (Lipinski definition) is 6. The van der Waals surface area contributed by atoms with E-state index in [1.807, 2.05) is 6.07 Å². The molecule has 0 bridgehead atoms. The predicted molar refractivity (Wildman–Crippen MR) is 124 cm³/mol. The second kappa shape index (κ2) is 11.7. The monoisotopic (exact) mass is 615 g/mol. The van der Waals surface area contributed by atoms with Crippen molar-refractivity contribution in [3.63, 3.8) is 0 Å². The standard InChI is InChI=1S/C19H16N3S.C5H12O2.Ir/c1-12(2)7-14-9-17(22-11-21-14)13-8-16-15-5-3-4-6-18(15)23-19(16)20-10-13;1-4(6)3-5(2)7;/h3-6,8-9,11-12H,7H2,1-2H3;4-7H,3H2,1-2H3;/q-1;;. The number of hydrogen-bond donors (Lipinski definition) is 2. The molecule has 31 heavy (non-hydrogen) atoms. The predicted octanol–water partition coefficient (Wildman–Crippen LogP) is 5.04. The third-order valence-corrected chi connectivity index (χ3v) is 5.56. The minimum atomic E-state index is -0.375. The van der Waals surface area contributed by atoms with Crippen molar-refractivity contribution in [2.24, 2.45) is 5.92 Å². The molecule has 0 saturated heterocycles. The fraction of sp³-hybridized carbons (Fsp3) is 0.375. The first-order valence-electron chi connectivity index (χ1n) is 10.2. The molecule has 1 radical (unpaired) electrons. The molecule has 3 heterocycles. The number of fused-ring (bicyclic) bond motifs is 3. The number of benzene rings is 1. The summed E-state index contributed by atoms with van der Waals surface area (Å²) in [6.07, 6.45) is 5.45. The van der Waals surface area contributed by atoms with Crippen molar-refractivity contribution in [2.45, 2.75) is 52.7 Å². The van der Waals surface area contributed by atoms with Crippen LogP contribution in [0.3, 0.4) is 0 Å². The minimum Gasteiger partial charge on any atom is -0.393 e. The Kier molecular flexibility index (Phi) is 9.66. The van der Waals surface area contributed by atoms with E-state index < -0.39 is 0 Å². The molecule has 0 fully saturated rings. The molecule has 0 aliphatic carbocycles. The Bertz CT molecular complexity index is 1110. The Labute approximate surface area is 201 Å². The number of pyridine rings is 1. The molecule has 2 N–H and O–H groups in total. The van der Waals surface area contributed by atoms with Gasteiger partial charge in [-0.15, -0.1) is 11.6 Å². The zero-order chi connectivity index (χ0) is 21.7. The molecule has 2 atom stereocenters. The van der Waals surface area contributed by atoms with Crippen molar-refractivity contribution in [1.82, 2.24) is 15.0 Å². The van der Waals surface area contributed by atoms with Gasteiger partial charge in [0, 0.05) is 35.3 Å². The Balaban J connectivity index is 0.000000373. The summed E-state index contributed by atoms with van der Waals surface area (Å²) >= 11 is 1.70. The van der Waals surface area contributed by atoms with Gasteiger partial charge in [-0.25, -0.2) is 4.98 Å². The van der Waals surface area contributed by atoms with Gasteiger partial charge in [0.15, 0.2) is 0 Å². The van der Waals surface area contributed by atoms with Crippen LogP contribution in [0.2, 0.25) is 0 Å². The Hall–Kier alpha value is -1.76. The Morgan fingerprint density at radius 2 is 1.68 bits per heavy atom. The maximum absolute atomic E-state index is 8.56. The Morgan fingerprint density at radius 3 is 2.32 bits per heavy atom. The first kappa shape index (κ1) is 25.5. The van der Waals surface area contributed by atoms with E-state index >= 15 is 0 Å². The summed E-state index contributed by atoms with van der Waals surface area (Å²) in [5, 5.41) is 19.5. The van der Waals surface area contributed by atoms with Crippen molar-refractivity contribution in [3.05, 3.63) is 54.6 Å². The topological polar surface area (TPSA) is 79.1 Å². The molecule has 7 heteroatoms. The van der Waals surface area contributed by atoms with Gasteiger partial charge < -0.3 is 15.2 Å². The second-order valence-electron chi connectivity index (χ2n) is 8.02. The molecule has 1 aromatic carbocycles. The van der Waals surface area contributed by atoms with E-state index in [1.54, 1.807) is 31.5 Å². The van der Waals surface area contributed by atoms with Crippen molar-refractivity contribution in [1.29, 1.82) is 0 Å². The molecular formula is C24H28IrN3O2S-. The van der Waals surface area contributed by atoms with E-state index in [4.69, 9.17) is 10.2 Å². The van der Waals surface area contributed by atoms with Gasteiger partial charge in [-0.05, 0) is 56.0 Å². The van der Waals surface area contributed by atoms with Crippen molar-refractivity contribution in [3.8, 4) is 11.3 Å². The third kappa shape index (κ3) is 7.12. The van der Waals surface area contributed by atoms with E-state index in [-0.39, 0.29) is 32.3 Å². The molecule has 3 aromatic heterocycles. The molecule has 4 aromatic rings. The van der Waals surface area contributed by atoms with Crippen LogP contribution < -0.4 is 0 Å². The van der Waals surface area contributed by atoms with Gasteiger partial charge in [0.2, 0.25) is 0 Å². The molecule has 167 valence electrons. The molecule has 2 unspecified atom stereocenters. The normalized spacial score (nSPS) is 12.9. The van der Waals surface area contributed by atoms with Gasteiger partial charge in [-0.2, -0.15) is 11.3 Å². The van der Waals surface area contributed by atoms with Crippen LogP contribution in [0, 0.1) is 12.1 Å². The van der Waals surface area contributed by atoms with Gasteiger partial charge in [0.25, 0.3) is 0 Å². The van der Waals surface area contributed by atoms with E-state index in [2.05, 4.69) is 65.3 Å². The number of aliphatic hydroxyl groups excluding tert-OH is 2. The summed E-state index contributed by atoms with van der Waals surface area (Å²) in [5.41, 5.74) is 2.88. The summed E-state index contributed by atoms with van der Waals surface area (Å²) in [4.78, 5) is 14.3. The molecule has 0 amide bonds. The number of aliphatic hydroxyl groups is 2. The second-order valence-corrected chi connectivity index (χ2v) is 9.06. The van der Waals surface area contributed by atoms with Gasteiger partial charge >= 0.3 is 0 Å². The van der Waals surface area contributed by atoms with Crippen LogP contribution in [0.1, 0.15) is 39.8 Å². The van der Waals surface area contributed by atoms with E-state index in [0.717, 1.165) is 28.2 Å². The molecule has 0 saturated carbocycles. The maximum Gasteiger partial charge on any atom is 0.105 e. The summed E-state index contributed by atoms with van der Waals surface area (Å²) in [6.45, 7) is 7.71. The molecule has 5 nitrogen and oxygen atoms in total. The average molecular weight is 615 g/mol. The molecule has 0 aliphatic heterocycles. The summed E-state index contributed by atoms with van der Waals surface area (Å²) < 4.78 is 1.25. The fourth-order valence-electron chi connectivity index (χ4n) is 3.26. The van der Waals surface area contributed by atoms with Crippen LogP contribution in [-0.4, -0.2) is 37.4 Å². The van der Waals surface area contributed by atoms with Crippen molar-refractivity contribution in [2.75, 3.05) is 0 Å². The summed E-state index contributed by atoms with van der Waals surface area (Å²) in [7, 11) is 0. The maximum atomic E-state index is 8.56. The summed E-state index contributed by atoms with van der Waals surface area (Å²) in [6, 6.07) is 12.6. The summed E-state index contributed by atoms with van der Waals surface area (Å²) in [5.74, 6) is 0.572. The van der Waals surface area contributed by atoms with Gasteiger partial charge in [-0.3, -0.25) is 4.98 Å². The quantitative estimate of drug-likeness (QED) is 0.308. The van der Waals surface area contributed by atoms with Gasteiger partial charge in [0.1, 0.15) is 6.33 Å².